The Bertz CT molecular complexity index is 605. The topological polar surface area (TPSA) is 20.2 Å². The molecule has 4 rings (SSSR count). The highest BCUT2D eigenvalue weighted by Crippen LogP contribution is 2.66. The second-order valence-corrected chi connectivity index (χ2v) is 12.3. The van der Waals surface area contributed by atoms with Crippen LogP contribution in [0.15, 0.2) is 11.6 Å². The van der Waals surface area contributed by atoms with Gasteiger partial charge >= 0.3 is 0 Å². The largest absolute Gasteiger partial charge is 0.393 e. The molecular weight excluding hydrogens is 364 g/mol. The molecule has 4 aliphatic rings. The molecule has 4 aliphatic carbocycles. The van der Waals surface area contributed by atoms with Crippen molar-refractivity contribution in [3.05, 3.63) is 11.6 Å². The number of fused-ring (bicyclic) bond motifs is 5. The van der Waals surface area contributed by atoms with Crippen molar-refractivity contribution in [3.63, 3.8) is 0 Å². The van der Waals surface area contributed by atoms with Gasteiger partial charge in [-0.2, -0.15) is 0 Å². The second-order valence-electron chi connectivity index (χ2n) is 12.3. The fourth-order valence-corrected chi connectivity index (χ4v) is 8.86. The van der Waals surface area contributed by atoms with Crippen LogP contribution in [0.2, 0.25) is 0 Å². The van der Waals surface area contributed by atoms with Crippen molar-refractivity contribution in [2.45, 2.75) is 125 Å². The van der Waals surface area contributed by atoms with Crippen molar-refractivity contribution < 1.29 is 5.11 Å². The highest BCUT2D eigenvalue weighted by Gasteiger charge is 2.58. The van der Waals surface area contributed by atoms with Crippen molar-refractivity contribution in [1.29, 1.82) is 0 Å². The van der Waals surface area contributed by atoms with Crippen LogP contribution < -0.4 is 0 Å². The van der Waals surface area contributed by atoms with E-state index in [-0.39, 0.29) is 13.5 Å². The average Bonchev–Trinajstić information content (AvgIpc) is 3.02. The Hall–Kier alpha value is -0.300. The summed E-state index contributed by atoms with van der Waals surface area (Å²) in [4.78, 5) is 0. The van der Waals surface area contributed by atoms with Crippen molar-refractivity contribution in [2.24, 2.45) is 46.3 Å². The van der Waals surface area contributed by atoms with E-state index < -0.39 is 0 Å². The summed E-state index contributed by atoms with van der Waals surface area (Å²) in [6.45, 7) is 12.5. The Kier molecular flexibility index (Phi) is 7.53. The van der Waals surface area contributed by atoms with Crippen LogP contribution >= 0.6 is 0 Å². The first-order chi connectivity index (χ1) is 13.8. The molecule has 3 saturated carbocycles. The molecule has 0 aromatic heterocycles. The standard InChI is InChI=1S/C28H48O.CH4/c1-6-20(19(2)3)8-7-9-21-11-13-25-24-12-10-22-18-23(29)14-16-28(22,5)26(24)15-17-27(21,25)4;/h10,19-21,23-26,29H,6-9,11-18H2,1-5H3;1H4/t20?,21?,23?,24?,25?,26-,27?,28?;/m0./s1. The van der Waals surface area contributed by atoms with Crippen molar-refractivity contribution in [1.82, 2.24) is 0 Å². The molecule has 0 saturated heterocycles. The molecule has 1 nitrogen and oxygen atoms in total. The summed E-state index contributed by atoms with van der Waals surface area (Å²) in [5, 5.41) is 10.2. The summed E-state index contributed by atoms with van der Waals surface area (Å²) < 4.78 is 0. The van der Waals surface area contributed by atoms with Crippen LogP contribution in [0, 0.1) is 46.3 Å². The van der Waals surface area contributed by atoms with E-state index in [0.717, 1.165) is 48.3 Å². The fourth-order valence-electron chi connectivity index (χ4n) is 8.86. The molecule has 0 aliphatic heterocycles. The predicted molar refractivity (Wildman–Crippen MR) is 130 cm³/mol. The van der Waals surface area contributed by atoms with Crippen LogP contribution in [0.3, 0.4) is 0 Å². The fraction of sp³-hybridized carbons (Fsp3) is 0.931. The monoisotopic (exact) mass is 416 g/mol. The van der Waals surface area contributed by atoms with Crippen LogP contribution in [0.4, 0.5) is 0 Å². The summed E-state index contributed by atoms with van der Waals surface area (Å²) in [5.41, 5.74) is 2.62. The van der Waals surface area contributed by atoms with Gasteiger partial charge in [0.05, 0.1) is 6.10 Å². The maximum absolute atomic E-state index is 10.2. The number of allylic oxidation sites excluding steroid dienone is 1. The van der Waals surface area contributed by atoms with Gasteiger partial charge in [0.1, 0.15) is 0 Å². The van der Waals surface area contributed by atoms with Crippen LogP contribution in [-0.4, -0.2) is 11.2 Å². The molecule has 0 heterocycles. The molecule has 1 heteroatoms. The minimum absolute atomic E-state index is 0. The van der Waals surface area contributed by atoms with Gasteiger partial charge in [-0.1, -0.05) is 73.0 Å². The highest BCUT2D eigenvalue weighted by molar-refractivity contribution is 5.25. The molecule has 3 fully saturated rings. The van der Waals surface area contributed by atoms with Crippen molar-refractivity contribution in [2.75, 3.05) is 0 Å². The average molecular weight is 417 g/mol. The van der Waals surface area contributed by atoms with Gasteiger partial charge in [-0.3, -0.25) is 0 Å². The van der Waals surface area contributed by atoms with Gasteiger partial charge in [-0.15, -0.1) is 0 Å². The highest BCUT2D eigenvalue weighted by atomic mass is 16.3. The number of rotatable bonds is 6. The smallest absolute Gasteiger partial charge is 0.0577 e. The Balaban J connectivity index is 0.00000256. The maximum atomic E-state index is 10.2. The predicted octanol–water partition coefficient (Wildman–Crippen LogP) is 8.41. The van der Waals surface area contributed by atoms with Gasteiger partial charge in [-0.05, 0) is 104 Å². The third-order valence-electron chi connectivity index (χ3n) is 10.9. The molecule has 7 unspecified atom stereocenters. The summed E-state index contributed by atoms with van der Waals surface area (Å²) in [6, 6.07) is 0. The Morgan fingerprint density at radius 2 is 1.83 bits per heavy atom. The molecule has 0 spiro atoms. The van der Waals surface area contributed by atoms with E-state index in [0.29, 0.717) is 10.8 Å². The number of aliphatic hydroxyl groups excluding tert-OH is 1. The first-order valence-electron chi connectivity index (χ1n) is 13.2. The van der Waals surface area contributed by atoms with E-state index in [9.17, 15) is 5.11 Å². The molecule has 0 aromatic rings. The molecular formula is C29H52O. The van der Waals surface area contributed by atoms with Gasteiger partial charge in [0.15, 0.2) is 0 Å². The number of aliphatic hydroxyl groups is 1. The lowest BCUT2D eigenvalue weighted by Crippen LogP contribution is -2.50. The van der Waals surface area contributed by atoms with E-state index >= 15 is 0 Å². The quantitative estimate of drug-likeness (QED) is 0.431. The van der Waals surface area contributed by atoms with Crippen LogP contribution in [0.5, 0.6) is 0 Å². The maximum Gasteiger partial charge on any atom is 0.0577 e. The first kappa shape index (κ1) is 24.3. The molecule has 1 N–H and O–H groups in total. The third-order valence-corrected chi connectivity index (χ3v) is 10.9. The summed E-state index contributed by atoms with van der Waals surface area (Å²) in [6.07, 6.45) is 18.7. The Morgan fingerprint density at radius 1 is 1.07 bits per heavy atom. The van der Waals surface area contributed by atoms with Crippen LogP contribution in [-0.2, 0) is 0 Å². The zero-order valence-electron chi connectivity index (χ0n) is 20.1. The van der Waals surface area contributed by atoms with E-state index in [4.69, 9.17) is 0 Å². The second kappa shape index (κ2) is 9.29. The minimum Gasteiger partial charge on any atom is -0.393 e. The third kappa shape index (κ3) is 4.06. The van der Waals surface area contributed by atoms with Gasteiger partial charge < -0.3 is 5.11 Å². The van der Waals surface area contributed by atoms with Gasteiger partial charge in [-0.25, -0.2) is 0 Å². The molecule has 0 bridgehead atoms. The van der Waals surface area contributed by atoms with Crippen molar-refractivity contribution >= 4 is 0 Å². The van der Waals surface area contributed by atoms with Gasteiger partial charge in [0.25, 0.3) is 0 Å². The normalized spacial score (nSPS) is 43.8. The summed E-state index contributed by atoms with van der Waals surface area (Å²) in [7, 11) is 0. The van der Waals surface area contributed by atoms with E-state index in [1.807, 2.05) is 0 Å². The number of hydrogen-bond donors (Lipinski definition) is 1. The number of hydrogen-bond acceptors (Lipinski definition) is 1. The van der Waals surface area contributed by atoms with E-state index in [2.05, 4.69) is 40.7 Å². The summed E-state index contributed by atoms with van der Waals surface area (Å²) >= 11 is 0. The SMILES string of the molecule is C.CCC(CCCC1CCC2C3CC=C4CC(O)CCC4(C)[C@H]3CCC12C)C(C)C. The Labute approximate surface area is 188 Å². The lowest BCUT2D eigenvalue weighted by molar-refractivity contribution is -0.0510. The molecule has 30 heavy (non-hydrogen) atoms. The van der Waals surface area contributed by atoms with Gasteiger partial charge in [0, 0.05) is 0 Å². The van der Waals surface area contributed by atoms with E-state index in [1.165, 1.54) is 64.2 Å². The molecule has 0 radical (unpaired) electrons. The first-order valence-corrected chi connectivity index (χ1v) is 13.2. The molecule has 8 atom stereocenters. The van der Waals surface area contributed by atoms with Crippen LogP contribution in [0.25, 0.3) is 0 Å². The lowest BCUT2D eigenvalue weighted by Gasteiger charge is -2.58. The summed E-state index contributed by atoms with van der Waals surface area (Å²) in [5.74, 6) is 5.52. The van der Waals surface area contributed by atoms with Crippen LogP contribution in [0.1, 0.15) is 119 Å². The molecule has 0 amide bonds. The molecule has 0 aromatic carbocycles. The van der Waals surface area contributed by atoms with Crippen molar-refractivity contribution in [3.8, 4) is 0 Å². The molecule has 174 valence electrons. The van der Waals surface area contributed by atoms with Gasteiger partial charge in [0.2, 0.25) is 0 Å². The Morgan fingerprint density at radius 3 is 2.53 bits per heavy atom. The zero-order chi connectivity index (χ0) is 20.8. The zero-order valence-corrected chi connectivity index (χ0v) is 20.1. The lowest BCUT2D eigenvalue weighted by atomic mass is 9.47. The minimum atomic E-state index is -0.0756. The van der Waals surface area contributed by atoms with E-state index in [1.54, 1.807) is 5.57 Å².